The molecule has 0 bridgehead atoms. The monoisotopic (exact) mass is 415 g/mol. The molecule has 132 valence electrons. The van der Waals surface area contributed by atoms with Crippen molar-refractivity contribution in [3.63, 3.8) is 0 Å². The zero-order valence-electron chi connectivity index (χ0n) is 13.4. The number of benzene rings is 1. The van der Waals surface area contributed by atoms with Crippen LogP contribution in [0.2, 0.25) is 10.0 Å². The van der Waals surface area contributed by atoms with Crippen molar-refractivity contribution in [1.29, 1.82) is 0 Å². The van der Waals surface area contributed by atoms with Gasteiger partial charge in [-0.3, -0.25) is 4.79 Å². The molecule has 0 spiro atoms. The number of amides is 1. The standard InChI is InChI=1S/C17H15Cl2NO3S2/c1-2-23-16(22)13-10-4-3-7-24-17(10)25-15(13)20-14(21)11-8-9(18)5-6-12(11)19/h5-6,8H,2-4,7H2,1H3,(H,20,21). The lowest BCUT2D eigenvalue weighted by Gasteiger charge is -2.12. The van der Waals surface area contributed by atoms with Crippen molar-refractivity contribution < 1.29 is 14.3 Å². The molecule has 2 aromatic rings. The van der Waals surface area contributed by atoms with E-state index in [1.54, 1.807) is 30.8 Å². The van der Waals surface area contributed by atoms with Gasteiger partial charge in [-0.25, -0.2) is 4.79 Å². The second-order valence-corrected chi connectivity index (χ2v) is 8.55. The molecule has 0 unspecified atom stereocenters. The first kappa shape index (κ1) is 18.6. The average Bonchev–Trinajstić information content (AvgIpc) is 2.95. The summed E-state index contributed by atoms with van der Waals surface area (Å²) in [5, 5.41) is 4.03. The minimum absolute atomic E-state index is 0.267. The minimum Gasteiger partial charge on any atom is -0.462 e. The minimum atomic E-state index is -0.407. The number of esters is 1. The summed E-state index contributed by atoms with van der Waals surface area (Å²) in [5.41, 5.74) is 1.69. The highest BCUT2D eigenvalue weighted by atomic mass is 35.5. The Morgan fingerprint density at radius 1 is 1.32 bits per heavy atom. The molecule has 8 heteroatoms. The molecule has 3 rings (SSSR count). The van der Waals surface area contributed by atoms with Gasteiger partial charge >= 0.3 is 5.97 Å². The third kappa shape index (κ3) is 3.97. The van der Waals surface area contributed by atoms with Gasteiger partial charge in [-0.2, -0.15) is 0 Å². The number of carbonyl (C=O) groups is 2. The van der Waals surface area contributed by atoms with Gasteiger partial charge in [-0.05, 0) is 49.3 Å². The van der Waals surface area contributed by atoms with Gasteiger partial charge in [0.15, 0.2) is 0 Å². The van der Waals surface area contributed by atoms with E-state index in [-0.39, 0.29) is 12.2 Å². The number of hydrogen-bond donors (Lipinski definition) is 1. The van der Waals surface area contributed by atoms with Crippen LogP contribution in [-0.2, 0) is 11.2 Å². The molecule has 0 atom stereocenters. The van der Waals surface area contributed by atoms with Crippen LogP contribution in [0.3, 0.4) is 0 Å². The van der Waals surface area contributed by atoms with E-state index in [0.717, 1.165) is 28.4 Å². The number of anilines is 1. The number of carbonyl (C=O) groups excluding carboxylic acids is 2. The van der Waals surface area contributed by atoms with Crippen LogP contribution in [-0.4, -0.2) is 24.2 Å². The van der Waals surface area contributed by atoms with Crippen LogP contribution in [0.1, 0.15) is 39.6 Å². The molecule has 1 N–H and O–H groups in total. The number of ether oxygens (including phenoxy) is 1. The number of nitrogens with one attached hydrogen (secondary N) is 1. The lowest BCUT2D eigenvalue weighted by molar-refractivity contribution is 0.0526. The summed E-state index contributed by atoms with van der Waals surface area (Å²) in [6.07, 6.45) is 1.80. The Labute approximate surface area is 163 Å². The Balaban J connectivity index is 1.96. The van der Waals surface area contributed by atoms with Crippen molar-refractivity contribution in [3.8, 4) is 0 Å². The number of thioether (sulfide) groups is 1. The van der Waals surface area contributed by atoms with Crippen molar-refractivity contribution in [2.75, 3.05) is 17.7 Å². The molecular formula is C17H15Cl2NO3S2. The van der Waals surface area contributed by atoms with Crippen LogP contribution in [0.4, 0.5) is 5.00 Å². The van der Waals surface area contributed by atoms with Gasteiger partial charge in [-0.1, -0.05) is 23.2 Å². The third-order valence-corrected chi connectivity index (χ3v) is 6.77. The summed E-state index contributed by atoms with van der Waals surface area (Å²) in [6, 6.07) is 4.69. The fraction of sp³-hybridized carbons (Fsp3) is 0.294. The molecule has 1 aliphatic rings. The number of thiophene rings is 1. The highest BCUT2D eigenvalue weighted by Crippen LogP contribution is 2.44. The van der Waals surface area contributed by atoms with E-state index in [0.29, 0.717) is 20.6 Å². The van der Waals surface area contributed by atoms with Gasteiger partial charge in [0.2, 0.25) is 0 Å². The van der Waals surface area contributed by atoms with Crippen molar-refractivity contribution in [3.05, 3.63) is 44.9 Å². The van der Waals surface area contributed by atoms with Crippen LogP contribution in [0.25, 0.3) is 0 Å². The van der Waals surface area contributed by atoms with Gasteiger partial charge in [0.1, 0.15) is 5.00 Å². The van der Waals surface area contributed by atoms with E-state index >= 15 is 0 Å². The first-order valence-corrected chi connectivity index (χ1v) is 10.3. The molecule has 1 aromatic heterocycles. The Kier molecular flexibility index (Phi) is 5.94. The summed E-state index contributed by atoms with van der Waals surface area (Å²) in [5.74, 6) is 0.195. The zero-order valence-corrected chi connectivity index (χ0v) is 16.5. The Bertz CT molecular complexity index is 836. The van der Waals surface area contributed by atoms with E-state index in [9.17, 15) is 9.59 Å². The topological polar surface area (TPSA) is 55.4 Å². The molecule has 4 nitrogen and oxygen atoms in total. The Hall–Kier alpha value is -1.21. The summed E-state index contributed by atoms with van der Waals surface area (Å²) in [4.78, 5) is 25.0. The van der Waals surface area contributed by atoms with Gasteiger partial charge in [0.05, 0.1) is 27.0 Å². The average molecular weight is 416 g/mol. The molecule has 1 amide bonds. The van der Waals surface area contributed by atoms with Crippen LogP contribution >= 0.6 is 46.3 Å². The lowest BCUT2D eigenvalue weighted by atomic mass is 10.1. The second-order valence-electron chi connectivity index (χ2n) is 5.32. The van der Waals surface area contributed by atoms with E-state index in [1.807, 2.05) is 0 Å². The van der Waals surface area contributed by atoms with Crippen LogP contribution in [0.15, 0.2) is 22.4 Å². The fourth-order valence-electron chi connectivity index (χ4n) is 2.55. The molecule has 0 radical (unpaired) electrons. The number of halogens is 2. The van der Waals surface area contributed by atoms with Crippen molar-refractivity contribution in [1.82, 2.24) is 0 Å². The Morgan fingerprint density at radius 2 is 2.12 bits per heavy atom. The largest absolute Gasteiger partial charge is 0.462 e. The van der Waals surface area contributed by atoms with Gasteiger partial charge in [0.25, 0.3) is 5.91 Å². The summed E-state index contributed by atoms with van der Waals surface area (Å²) < 4.78 is 6.24. The fourth-order valence-corrected chi connectivity index (χ4v) is 5.48. The van der Waals surface area contributed by atoms with Crippen LogP contribution < -0.4 is 5.32 Å². The van der Waals surface area contributed by atoms with Crippen molar-refractivity contribution in [2.45, 2.75) is 24.0 Å². The maximum absolute atomic E-state index is 12.6. The van der Waals surface area contributed by atoms with E-state index in [2.05, 4.69) is 5.32 Å². The summed E-state index contributed by atoms with van der Waals surface area (Å²) >= 11 is 15.2. The number of hydrogen-bond acceptors (Lipinski definition) is 5. The predicted molar refractivity (Wildman–Crippen MR) is 104 cm³/mol. The van der Waals surface area contributed by atoms with Gasteiger partial charge in [0, 0.05) is 5.02 Å². The van der Waals surface area contributed by atoms with Crippen molar-refractivity contribution >= 4 is 63.2 Å². The van der Waals surface area contributed by atoms with E-state index in [4.69, 9.17) is 27.9 Å². The summed E-state index contributed by atoms with van der Waals surface area (Å²) in [7, 11) is 0. The molecule has 0 aliphatic carbocycles. The van der Waals surface area contributed by atoms with Crippen molar-refractivity contribution in [2.24, 2.45) is 0 Å². The Morgan fingerprint density at radius 3 is 2.88 bits per heavy atom. The van der Waals surface area contributed by atoms with Crippen LogP contribution in [0, 0.1) is 0 Å². The SMILES string of the molecule is CCOC(=O)c1c(NC(=O)c2cc(Cl)ccc2Cl)sc2c1CCCS2. The molecule has 0 fully saturated rings. The molecular weight excluding hydrogens is 401 g/mol. The molecule has 0 saturated heterocycles. The maximum atomic E-state index is 12.6. The third-order valence-electron chi connectivity index (χ3n) is 3.65. The first-order chi connectivity index (χ1) is 12.0. The molecule has 1 aromatic carbocycles. The molecule has 2 heterocycles. The summed E-state index contributed by atoms with van der Waals surface area (Å²) in [6.45, 7) is 2.04. The highest BCUT2D eigenvalue weighted by molar-refractivity contribution is 8.01. The predicted octanol–water partition coefficient (Wildman–Crippen LogP) is 5.52. The smallest absolute Gasteiger partial charge is 0.341 e. The molecule has 1 aliphatic heterocycles. The van der Waals surface area contributed by atoms with E-state index in [1.165, 1.54) is 17.4 Å². The zero-order chi connectivity index (χ0) is 18.0. The second kappa shape index (κ2) is 7.99. The van der Waals surface area contributed by atoms with E-state index < -0.39 is 11.9 Å². The maximum Gasteiger partial charge on any atom is 0.341 e. The molecule has 0 saturated carbocycles. The first-order valence-electron chi connectivity index (χ1n) is 7.73. The quantitative estimate of drug-likeness (QED) is 0.667. The van der Waals surface area contributed by atoms with Gasteiger partial charge < -0.3 is 10.1 Å². The molecule has 25 heavy (non-hydrogen) atoms. The highest BCUT2D eigenvalue weighted by Gasteiger charge is 2.28. The normalized spacial score (nSPS) is 13.2. The van der Waals surface area contributed by atoms with Crippen LogP contribution in [0.5, 0.6) is 0 Å². The lowest BCUT2D eigenvalue weighted by Crippen LogP contribution is -2.16. The van der Waals surface area contributed by atoms with Gasteiger partial charge in [-0.15, -0.1) is 23.1 Å². The number of rotatable bonds is 4. The number of fused-ring (bicyclic) bond motifs is 1.